The molecule has 0 radical (unpaired) electrons. The van der Waals surface area contributed by atoms with Gasteiger partial charge in [0.05, 0.1) is 16.2 Å². The lowest BCUT2D eigenvalue weighted by Crippen LogP contribution is -2.17. The maximum Gasteiger partial charge on any atom is 0.275 e. The lowest BCUT2D eigenvalue weighted by molar-refractivity contribution is -0.384. The van der Waals surface area contributed by atoms with Crippen LogP contribution in [-0.4, -0.2) is 30.4 Å². The zero-order valence-corrected chi connectivity index (χ0v) is 19.0. The predicted molar refractivity (Wildman–Crippen MR) is 130 cm³/mol. The number of carbonyl (C=O) groups excluding carboxylic acids is 1. The second kappa shape index (κ2) is 8.77. The van der Waals surface area contributed by atoms with E-state index in [9.17, 15) is 20.2 Å². The van der Waals surface area contributed by atoms with Gasteiger partial charge in [0.2, 0.25) is 0 Å². The molecule has 0 saturated heterocycles. The highest BCUT2D eigenvalue weighted by Gasteiger charge is 2.22. The molecular formula is C24H15N7O3S. The average molecular weight is 481 g/mol. The van der Waals surface area contributed by atoms with Crippen LogP contribution in [0.25, 0.3) is 28.2 Å². The van der Waals surface area contributed by atoms with Crippen molar-refractivity contribution in [3.05, 3.63) is 93.2 Å². The highest BCUT2D eigenvalue weighted by Crippen LogP contribution is 2.39. The van der Waals surface area contributed by atoms with E-state index in [2.05, 4.69) is 26.5 Å². The van der Waals surface area contributed by atoms with Gasteiger partial charge in [0, 0.05) is 28.1 Å². The molecule has 1 N–H and O–H groups in total. The third-order valence-corrected chi connectivity index (χ3v) is 6.34. The van der Waals surface area contributed by atoms with Crippen molar-refractivity contribution >= 4 is 33.7 Å². The van der Waals surface area contributed by atoms with Gasteiger partial charge in [0.25, 0.3) is 17.4 Å². The summed E-state index contributed by atoms with van der Waals surface area (Å²) in [6.45, 7) is 1.89. The zero-order valence-electron chi connectivity index (χ0n) is 18.2. The van der Waals surface area contributed by atoms with Gasteiger partial charge in [-0.2, -0.15) is 19.9 Å². The van der Waals surface area contributed by atoms with Crippen LogP contribution in [0.3, 0.4) is 0 Å². The van der Waals surface area contributed by atoms with Gasteiger partial charge in [-0.15, -0.1) is 11.3 Å². The maximum absolute atomic E-state index is 13.4. The third-order valence-electron chi connectivity index (χ3n) is 5.32. The molecule has 3 heterocycles. The van der Waals surface area contributed by atoms with Crippen LogP contribution in [0.1, 0.15) is 20.9 Å². The van der Waals surface area contributed by atoms with E-state index in [0.29, 0.717) is 21.8 Å². The second-order valence-electron chi connectivity index (χ2n) is 7.48. The van der Waals surface area contributed by atoms with Gasteiger partial charge in [0.1, 0.15) is 23.1 Å². The first-order valence-corrected chi connectivity index (χ1v) is 11.1. The number of nitrogens with one attached hydrogen (secondary N) is 1. The van der Waals surface area contributed by atoms with Gasteiger partial charge in [0.15, 0.2) is 0 Å². The van der Waals surface area contributed by atoms with E-state index in [-0.39, 0.29) is 17.2 Å². The van der Waals surface area contributed by atoms with Crippen molar-refractivity contribution in [3.8, 4) is 28.5 Å². The van der Waals surface area contributed by atoms with Crippen molar-refractivity contribution in [2.45, 2.75) is 6.92 Å². The van der Waals surface area contributed by atoms with E-state index in [0.717, 1.165) is 16.0 Å². The number of hydrogen-bond donors (Lipinski definition) is 1. The Labute approximate surface area is 202 Å². The predicted octanol–water partition coefficient (Wildman–Crippen LogP) is 4.86. The summed E-state index contributed by atoms with van der Waals surface area (Å²) in [7, 11) is 0. The molecule has 11 heteroatoms. The smallest absolute Gasteiger partial charge is 0.275 e. The first kappa shape index (κ1) is 21.9. The Hall–Kier alpha value is -4.95. The van der Waals surface area contributed by atoms with Gasteiger partial charge >= 0.3 is 0 Å². The molecule has 0 spiro atoms. The van der Waals surface area contributed by atoms with E-state index in [1.165, 1.54) is 40.4 Å². The normalized spacial score (nSPS) is 10.7. The standard InChI is InChI=1S/C24H15N7O3S/c1-14-21(15-6-3-2-4-7-15)18(12-25)23(35-14)29-22(32)20-11-19(28-24-26-13-27-30(20)24)16-8-5-9-17(10-16)31(33)34/h2-11,13H,1H3,(H,29,32). The summed E-state index contributed by atoms with van der Waals surface area (Å²) in [5, 5.41) is 28.4. The fraction of sp³-hybridized carbons (Fsp3) is 0.0417. The number of nitro benzene ring substituents is 1. The summed E-state index contributed by atoms with van der Waals surface area (Å²) < 4.78 is 1.28. The Morgan fingerprint density at radius 3 is 2.66 bits per heavy atom. The number of fused-ring (bicyclic) bond motifs is 1. The molecule has 5 rings (SSSR count). The van der Waals surface area contributed by atoms with Crippen molar-refractivity contribution in [2.75, 3.05) is 5.32 Å². The molecule has 1 amide bonds. The van der Waals surface area contributed by atoms with Gasteiger partial charge in [-0.05, 0) is 18.6 Å². The van der Waals surface area contributed by atoms with Crippen molar-refractivity contribution < 1.29 is 9.72 Å². The first-order chi connectivity index (χ1) is 17.0. The second-order valence-corrected chi connectivity index (χ2v) is 8.70. The molecule has 3 aromatic heterocycles. The van der Waals surface area contributed by atoms with Crippen molar-refractivity contribution in [3.63, 3.8) is 0 Å². The number of benzene rings is 2. The van der Waals surface area contributed by atoms with Crippen molar-refractivity contribution in [1.29, 1.82) is 5.26 Å². The lowest BCUT2D eigenvalue weighted by Gasteiger charge is -2.08. The molecule has 0 atom stereocenters. The first-order valence-electron chi connectivity index (χ1n) is 10.3. The van der Waals surface area contributed by atoms with Gasteiger partial charge in [-0.1, -0.05) is 42.5 Å². The minimum absolute atomic E-state index is 0.0993. The molecule has 0 bridgehead atoms. The summed E-state index contributed by atoms with van der Waals surface area (Å²) in [4.78, 5) is 33.4. The van der Waals surface area contributed by atoms with Crippen LogP contribution < -0.4 is 5.32 Å². The van der Waals surface area contributed by atoms with Crippen molar-refractivity contribution in [2.24, 2.45) is 0 Å². The molecular weight excluding hydrogens is 466 g/mol. The largest absolute Gasteiger partial charge is 0.311 e. The fourth-order valence-electron chi connectivity index (χ4n) is 3.76. The Balaban J connectivity index is 1.57. The lowest BCUT2D eigenvalue weighted by atomic mass is 10.0. The van der Waals surface area contributed by atoms with Crippen LogP contribution in [0, 0.1) is 28.4 Å². The van der Waals surface area contributed by atoms with Crippen LogP contribution in [0.15, 0.2) is 67.0 Å². The number of hydrogen-bond acceptors (Lipinski definition) is 8. The maximum atomic E-state index is 13.4. The van der Waals surface area contributed by atoms with E-state index in [4.69, 9.17) is 0 Å². The molecule has 35 heavy (non-hydrogen) atoms. The summed E-state index contributed by atoms with van der Waals surface area (Å²) in [5.41, 5.74) is 2.82. The number of aromatic nitrogens is 4. The molecule has 10 nitrogen and oxygen atoms in total. The van der Waals surface area contributed by atoms with Crippen LogP contribution >= 0.6 is 11.3 Å². The number of anilines is 1. The number of aryl methyl sites for hydroxylation is 1. The Morgan fingerprint density at radius 1 is 1.14 bits per heavy atom. The summed E-state index contributed by atoms with van der Waals surface area (Å²) >= 11 is 1.31. The topological polar surface area (TPSA) is 139 Å². The molecule has 0 aliphatic heterocycles. The Kier molecular flexibility index (Phi) is 5.48. The van der Waals surface area contributed by atoms with Gasteiger partial charge < -0.3 is 5.32 Å². The number of non-ortho nitro benzene ring substituents is 1. The highest BCUT2D eigenvalue weighted by atomic mass is 32.1. The monoisotopic (exact) mass is 481 g/mol. The minimum atomic E-state index is -0.521. The quantitative estimate of drug-likeness (QED) is 0.279. The molecule has 0 unspecified atom stereocenters. The summed E-state index contributed by atoms with van der Waals surface area (Å²) in [6.07, 6.45) is 1.26. The minimum Gasteiger partial charge on any atom is -0.311 e. The number of carbonyl (C=O) groups is 1. The van der Waals surface area contributed by atoms with Crippen LogP contribution in [0.2, 0.25) is 0 Å². The van der Waals surface area contributed by atoms with Gasteiger partial charge in [-0.3, -0.25) is 14.9 Å². The van der Waals surface area contributed by atoms with E-state index >= 15 is 0 Å². The number of rotatable bonds is 5. The van der Waals surface area contributed by atoms with E-state index < -0.39 is 10.8 Å². The number of amides is 1. The van der Waals surface area contributed by atoms with E-state index in [1.807, 2.05) is 37.3 Å². The molecule has 0 aliphatic rings. The number of nitro groups is 1. The molecule has 0 fully saturated rings. The summed E-state index contributed by atoms with van der Waals surface area (Å²) in [6, 6.07) is 19.1. The Bertz CT molecular complexity index is 1650. The fourth-order valence-corrected chi connectivity index (χ4v) is 4.78. The third kappa shape index (κ3) is 3.98. The van der Waals surface area contributed by atoms with Crippen LogP contribution in [0.5, 0.6) is 0 Å². The molecule has 170 valence electrons. The number of nitriles is 1. The molecule has 0 aliphatic carbocycles. The average Bonchev–Trinajstić information content (AvgIpc) is 3.47. The van der Waals surface area contributed by atoms with E-state index in [1.54, 1.807) is 12.1 Å². The Morgan fingerprint density at radius 2 is 1.91 bits per heavy atom. The van der Waals surface area contributed by atoms with Crippen LogP contribution in [0.4, 0.5) is 10.7 Å². The SMILES string of the molecule is Cc1sc(NC(=O)c2cc(-c3cccc([N+](=O)[O-])c3)nc3ncnn23)c(C#N)c1-c1ccccc1. The van der Waals surface area contributed by atoms with Crippen LogP contribution in [-0.2, 0) is 0 Å². The molecule has 5 aromatic rings. The van der Waals surface area contributed by atoms with Gasteiger partial charge in [-0.25, -0.2) is 4.98 Å². The molecule has 2 aromatic carbocycles. The highest BCUT2D eigenvalue weighted by molar-refractivity contribution is 7.17. The number of nitrogens with zero attached hydrogens (tertiary/aromatic N) is 6. The zero-order chi connectivity index (χ0) is 24.5. The summed E-state index contributed by atoms with van der Waals surface area (Å²) in [5.74, 6) is -0.362. The molecule has 0 saturated carbocycles. The van der Waals surface area contributed by atoms with Crippen molar-refractivity contribution in [1.82, 2.24) is 19.6 Å². The number of thiophene rings is 1.